The van der Waals surface area contributed by atoms with Gasteiger partial charge in [0.15, 0.2) is 4.34 Å². The Kier molecular flexibility index (Phi) is 4.55. The summed E-state index contributed by atoms with van der Waals surface area (Å²) in [5.41, 5.74) is 4.05. The summed E-state index contributed by atoms with van der Waals surface area (Å²) in [7, 11) is 0. The molecule has 2 aromatic rings. The van der Waals surface area contributed by atoms with Crippen LogP contribution in [0.1, 0.15) is 31.2 Å². The van der Waals surface area contributed by atoms with Gasteiger partial charge in [0.05, 0.1) is 5.75 Å². The summed E-state index contributed by atoms with van der Waals surface area (Å²) in [4.78, 5) is 14.5. The number of para-hydroxylation sites is 1. The van der Waals surface area contributed by atoms with Crippen molar-refractivity contribution in [2.45, 2.75) is 30.0 Å². The van der Waals surface area contributed by atoms with Crippen molar-refractivity contribution < 1.29 is 4.79 Å². The molecule has 0 saturated carbocycles. The highest BCUT2D eigenvalue weighted by Crippen LogP contribution is 2.34. The standard InChI is InChI=1S/C15H17N3OS2/c1-11-5-4-8-18(13-7-3-2-6-12(11)13)14(19)9-20-15-17-16-10-21-15/h2-3,6-7,10-11H,4-5,8-9H2,1H3. The molecule has 0 spiro atoms. The molecule has 1 unspecified atom stereocenters. The minimum Gasteiger partial charge on any atom is -0.311 e. The molecule has 1 amide bonds. The maximum absolute atomic E-state index is 12.6. The van der Waals surface area contributed by atoms with Crippen molar-refractivity contribution in [3.05, 3.63) is 35.3 Å². The Hall–Kier alpha value is -1.40. The molecule has 0 bridgehead atoms. The average molecular weight is 319 g/mol. The molecule has 1 atom stereocenters. The smallest absolute Gasteiger partial charge is 0.237 e. The molecule has 110 valence electrons. The Morgan fingerprint density at radius 1 is 1.48 bits per heavy atom. The van der Waals surface area contributed by atoms with Crippen LogP contribution in [0.3, 0.4) is 0 Å². The van der Waals surface area contributed by atoms with E-state index in [4.69, 9.17) is 0 Å². The molecule has 6 heteroatoms. The molecule has 0 aliphatic carbocycles. The Morgan fingerprint density at radius 2 is 2.33 bits per heavy atom. The molecule has 4 nitrogen and oxygen atoms in total. The molecule has 1 aliphatic rings. The molecule has 0 saturated heterocycles. The van der Waals surface area contributed by atoms with Gasteiger partial charge in [-0.05, 0) is 30.4 Å². The lowest BCUT2D eigenvalue weighted by Crippen LogP contribution is -2.33. The Labute approximate surface area is 132 Å². The first-order valence-corrected chi connectivity index (χ1v) is 8.90. The molecule has 2 heterocycles. The fourth-order valence-corrected chi connectivity index (χ4v) is 4.03. The van der Waals surface area contributed by atoms with Gasteiger partial charge in [-0.1, -0.05) is 48.2 Å². The second-order valence-corrected chi connectivity index (χ2v) is 7.20. The zero-order chi connectivity index (χ0) is 14.7. The number of rotatable bonds is 3. The van der Waals surface area contributed by atoms with Crippen molar-refractivity contribution in [2.24, 2.45) is 0 Å². The van der Waals surface area contributed by atoms with Crippen LogP contribution >= 0.6 is 23.1 Å². The van der Waals surface area contributed by atoms with Gasteiger partial charge in [-0.2, -0.15) is 0 Å². The first-order chi connectivity index (χ1) is 10.3. The summed E-state index contributed by atoms with van der Waals surface area (Å²) in [5, 5.41) is 7.77. The van der Waals surface area contributed by atoms with E-state index in [1.807, 2.05) is 11.0 Å². The molecular formula is C15H17N3OS2. The highest BCUT2D eigenvalue weighted by Gasteiger charge is 2.24. The van der Waals surface area contributed by atoms with Gasteiger partial charge < -0.3 is 4.90 Å². The Balaban J connectivity index is 1.77. The van der Waals surface area contributed by atoms with E-state index in [1.165, 1.54) is 28.7 Å². The number of hydrogen-bond donors (Lipinski definition) is 0. The van der Waals surface area contributed by atoms with Crippen molar-refractivity contribution in [1.82, 2.24) is 10.2 Å². The van der Waals surface area contributed by atoms with E-state index in [0.29, 0.717) is 11.7 Å². The fraction of sp³-hybridized carbons (Fsp3) is 0.400. The number of anilines is 1. The fourth-order valence-electron chi connectivity index (χ4n) is 2.67. The van der Waals surface area contributed by atoms with Crippen LogP contribution in [-0.2, 0) is 4.79 Å². The third kappa shape index (κ3) is 3.27. The maximum Gasteiger partial charge on any atom is 0.237 e. The second kappa shape index (κ2) is 6.58. The predicted octanol–water partition coefficient (Wildman–Crippen LogP) is 3.56. The zero-order valence-electron chi connectivity index (χ0n) is 11.9. The molecule has 21 heavy (non-hydrogen) atoms. The monoisotopic (exact) mass is 319 g/mol. The molecule has 0 radical (unpaired) electrons. The van der Waals surface area contributed by atoms with Crippen LogP contribution in [0.15, 0.2) is 34.1 Å². The van der Waals surface area contributed by atoms with Gasteiger partial charge in [0.2, 0.25) is 5.91 Å². The van der Waals surface area contributed by atoms with Gasteiger partial charge in [0.1, 0.15) is 5.51 Å². The summed E-state index contributed by atoms with van der Waals surface area (Å²) in [6.45, 7) is 3.04. The van der Waals surface area contributed by atoms with Gasteiger partial charge >= 0.3 is 0 Å². The first-order valence-electron chi connectivity index (χ1n) is 7.04. The van der Waals surface area contributed by atoms with Crippen molar-refractivity contribution >= 4 is 34.7 Å². The molecule has 0 N–H and O–H groups in total. The van der Waals surface area contributed by atoms with Gasteiger partial charge in [-0.15, -0.1) is 10.2 Å². The van der Waals surface area contributed by atoms with Gasteiger partial charge in [-0.25, -0.2) is 0 Å². The predicted molar refractivity (Wildman–Crippen MR) is 87.1 cm³/mol. The van der Waals surface area contributed by atoms with Crippen LogP contribution in [0, 0.1) is 0 Å². The highest BCUT2D eigenvalue weighted by molar-refractivity contribution is 8.01. The van der Waals surface area contributed by atoms with E-state index in [1.54, 1.807) is 5.51 Å². The number of thioether (sulfide) groups is 1. The van der Waals surface area contributed by atoms with Gasteiger partial charge in [0, 0.05) is 12.2 Å². The van der Waals surface area contributed by atoms with Crippen LogP contribution in [0.4, 0.5) is 5.69 Å². The van der Waals surface area contributed by atoms with Crippen LogP contribution in [0.5, 0.6) is 0 Å². The van der Waals surface area contributed by atoms with Crippen LogP contribution in [0.2, 0.25) is 0 Å². The van der Waals surface area contributed by atoms with Crippen molar-refractivity contribution in [3.63, 3.8) is 0 Å². The maximum atomic E-state index is 12.6. The van der Waals surface area contributed by atoms with E-state index in [2.05, 4.69) is 35.3 Å². The van der Waals surface area contributed by atoms with Crippen molar-refractivity contribution in [3.8, 4) is 0 Å². The third-order valence-electron chi connectivity index (χ3n) is 3.74. The number of nitrogens with zero attached hydrogens (tertiary/aromatic N) is 3. The normalized spacial score (nSPS) is 18.1. The van der Waals surface area contributed by atoms with E-state index in [-0.39, 0.29) is 5.91 Å². The topological polar surface area (TPSA) is 46.1 Å². The largest absolute Gasteiger partial charge is 0.311 e. The van der Waals surface area contributed by atoms with Crippen molar-refractivity contribution in [1.29, 1.82) is 0 Å². The third-order valence-corrected chi connectivity index (χ3v) is 5.58. The van der Waals surface area contributed by atoms with E-state index in [0.717, 1.165) is 29.4 Å². The number of carbonyl (C=O) groups is 1. The van der Waals surface area contributed by atoms with Crippen molar-refractivity contribution in [2.75, 3.05) is 17.2 Å². The lowest BCUT2D eigenvalue weighted by atomic mass is 9.96. The van der Waals surface area contributed by atoms with Gasteiger partial charge in [0.25, 0.3) is 0 Å². The number of benzene rings is 1. The van der Waals surface area contributed by atoms with E-state index >= 15 is 0 Å². The Bertz CT molecular complexity index is 615. The summed E-state index contributed by atoms with van der Waals surface area (Å²) in [6.07, 6.45) is 2.18. The van der Waals surface area contributed by atoms with Gasteiger partial charge in [-0.3, -0.25) is 4.79 Å². The number of carbonyl (C=O) groups excluding carboxylic acids is 1. The van der Waals surface area contributed by atoms with Crippen LogP contribution in [-0.4, -0.2) is 28.4 Å². The summed E-state index contributed by atoms with van der Waals surface area (Å²) >= 11 is 2.94. The molecule has 3 rings (SSSR count). The lowest BCUT2D eigenvalue weighted by Gasteiger charge is -2.23. The number of hydrogen-bond acceptors (Lipinski definition) is 5. The number of aromatic nitrogens is 2. The zero-order valence-corrected chi connectivity index (χ0v) is 13.5. The minimum atomic E-state index is 0.150. The summed E-state index contributed by atoms with van der Waals surface area (Å²) in [6, 6.07) is 8.27. The molecular weight excluding hydrogens is 302 g/mol. The van der Waals surface area contributed by atoms with E-state index < -0.39 is 0 Å². The quantitative estimate of drug-likeness (QED) is 0.812. The SMILES string of the molecule is CC1CCCN(C(=O)CSc2nncs2)c2ccccc21. The Morgan fingerprint density at radius 3 is 3.14 bits per heavy atom. The summed E-state index contributed by atoms with van der Waals surface area (Å²) < 4.78 is 0.847. The summed E-state index contributed by atoms with van der Waals surface area (Å²) in [5.74, 6) is 1.07. The van der Waals surface area contributed by atoms with Crippen LogP contribution < -0.4 is 4.90 Å². The van der Waals surface area contributed by atoms with E-state index in [9.17, 15) is 4.79 Å². The second-order valence-electron chi connectivity index (χ2n) is 5.14. The molecule has 0 fully saturated rings. The molecule has 1 aromatic carbocycles. The number of fused-ring (bicyclic) bond motifs is 1. The first kappa shape index (κ1) is 14.5. The average Bonchev–Trinajstić information content (AvgIpc) is 2.96. The molecule has 1 aromatic heterocycles. The minimum absolute atomic E-state index is 0.150. The van der Waals surface area contributed by atoms with Crippen LogP contribution in [0.25, 0.3) is 0 Å². The number of amides is 1. The lowest BCUT2D eigenvalue weighted by molar-refractivity contribution is -0.116. The highest BCUT2D eigenvalue weighted by atomic mass is 32.2. The molecule has 1 aliphatic heterocycles.